The summed E-state index contributed by atoms with van der Waals surface area (Å²) in [5, 5.41) is 34.1. The van der Waals surface area contributed by atoms with Crippen molar-refractivity contribution in [3.05, 3.63) is 0 Å². The van der Waals surface area contributed by atoms with E-state index < -0.39 is 72.6 Å². The molecule has 0 aromatic heterocycles. The Labute approximate surface area is 235 Å². The molecule has 0 spiro atoms. The summed E-state index contributed by atoms with van der Waals surface area (Å²) in [6.45, 7) is 0.166. The van der Waals surface area contributed by atoms with Crippen LogP contribution in [0.3, 0.4) is 0 Å². The van der Waals surface area contributed by atoms with E-state index in [0.717, 1.165) is 0 Å². The molecule has 19 nitrogen and oxygen atoms in total. The number of nitrogens with zero attached hydrogens (tertiary/aromatic N) is 2. The summed E-state index contributed by atoms with van der Waals surface area (Å²) in [5.41, 5.74) is 26.9. The number of guanidine groups is 2. The number of aliphatic imine (C=N–C) groups is 2. The van der Waals surface area contributed by atoms with Gasteiger partial charge in [-0.15, -0.1) is 0 Å². The summed E-state index contributed by atoms with van der Waals surface area (Å²) in [6, 6.07) is -5.40. The lowest BCUT2D eigenvalue weighted by Crippen LogP contribution is -2.57. The molecule has 3 amide bonds. The van der Waals surface area contributed by atoms with Gasteiger partial charge in [-0.3, -0.25) is 34.0 Å². The zero-order chi connectivity index (χ0) is 31.5. The molecule has 4 atom stereocenters. The zero-order valence-electron chi connectivity index (χ0n) is 22.5. The molecule has 0 saturated carbocycles. The highest BCUT2D eigenvalue weighted by atomic mass is 16.4. The molecule has 4 unspecified atom stereocenters. The van der Waals surface area contributed by atoms with Crippen molar-refractivity contribution >= 4 is 47.5 Å². The summed E-state index contributed by atoms with van der Waals surface area (Å²) >= 11 is 0. The number of nitrogens with one attached hydrogen (secondary N) is 3. The highest BCUT2D eigenvalue weighted by Crippen LogP contribution is 2.07. The fraction of sp³-hybridized carbons (Fsp3) is 0.636. The van der Waals surface area contributed by atoms with Crippen molar-refractivity contribution in [2.75, 3.05) is 13.1 Å². The number of carboxylic acid groups (broad SMARTS) is 3. The molecule has 0 aromatic rings. The molecule has 0 aliphatic carbocycles. The van der Waals surface area contributed by atoms with Crippen LogP contribution in [0.1, 0.15) is 51.4 Å². The van der Waals surface area contributed by atoms with Crippen molar-refractivity contribution < 1.29 is 44.1 Å². The van der Waals surface area contributed by atoms with Gasteiger partial charge in [0.15, 0.2) is 11.9 Å². The molecule has 0 aliphatic rings. The molecule has 0 fully saturated rings. The van der Waals surface area contributed by atoms with Crippen LogP contribution in [0, 0.1) is 0 Å². The lowest BCUT2D eigenvalue weighted by molar-refractivity contribution is -0.143. The molecule has 0 bridgehead atoms. The molecule has 0 heterocycles. The lowest BCUT2D eigenvalue weighted by atomic mass is 10.1. The Morgan fingerprint density at radius 3 is 1.37 bits per heavy atom. The van der Waals surface area contributed by atoms with Crippen molar-refractivity contribution in [2.24, 2.45) is 38.7 Å². The molecular weight excluding hydrogens is 548 g/mol. The van der Waals surface area contributed by atoms with Gasteiger partial charge in [0.2, 0.25) is 17.7 Å². The van der Waals surface area contributed by atoms with Crippen molar-refractivity contribution in [3.63, 3.8) is 0 Å². The number of hydrogen-bond donors (Lipinski definition) is 11. The van der Waals surface area contributed by atoms with E-state index in [4.69, 9.17) is 38.9 Å². The van der Waals surface area contributed by atoms with Crippen LogP contribution >= 0.6 is 0 Å². The van der Waals surface area contributed by atoms with E-state index in [9.17, 15) is 33.9 Å². The fourth-order valence-corrected chi connectivity index (χ4v) is 3.30. The van der Waals surface area contributed by atoms with Gasteiger partial charge in [-0.2, -0.15) is 0 Å². The van der Waals surface area contributed by atoms with E-state index in [0.29, 0.717) is 0 Å². The Hall–Kier alpha value is -4.68. The van der Waals surface area contributed by atoms with Gasteiger partial charge in [0.25, 0.3) is 0 Å². The molecule has 19 heteroatoms. The summed E-state index contributed by atoms with van der Waals surface area (Å²) in [4.78, 5) is 79.5. The average Bonchev–Trinajstić information content (AvgIpc) is 2.87. The third kappa shape index (κ3) is 17.5. The number of hydrogen-bond acceptors (Lipinski definition) is 9. The quantitative estimate of drug-likeness (QED) is 0.0343. The fourth-order valence-electron chi connectivity index (χ4n) is 3.30. The lowest BCUT2D eigenvalue weighted by Gasteiger charge is -2.25. The molecule has 0 radical (unpaired) electrons. The number of aliphatic carboxylic acids is 3. The number of carboxylic acids is 3. The Morgan fingerprint density at radius 1 is 0.585 bits per heavy atom. The maximum atomic E-state index is 13.2. The minimum absolute atomic E-state index is 0.0152. The van der Waals surface area contributed by atoms with E-state index in [1.54, 1.807) is 0 Å². The summed E-state index contributed by atoms with van der Waals surface area (Å²) in [6.07, 6.45) is -1.24. The van der Waals surface area contributed by atoms with Crippen LogP contribution in [0.15, 0.2) is 9.98 Å². The smallest absolute Gasteiger partial charge is 0.326 e. The van der Waals surface area contributed by atoms with Crippen LogP contribution in [0.4, 0.5) is 0 Å². The number of rotatable bonds is 21. The van der Waals surface area contributed by atoms with Crippen molar-refractivity contribution in [1.82, 2.24) is 16.0 Å². The summed E-state index contributed by atoms with van der Waals surface area (Å²) in [7, 11) is 0. The highest BCUT2D eigenvalue weighted by Gasteiger charge is 2.30. The average molecular weight is 589 g/mol. The zero-order valence-corrected chi connectivity index (χ0v) is 22.5. The van der Waals surface area contributed by atoms with Crippen molar-refractivity contribution in [1.29, 1.82) is 0 Å². The Balaban J connectivity index is 5.80. The van der Waals surface area contributed by atoms with Gasteiger partial charge < -0.3 is 59.9 Å². The number of amides is 3. The van der Waals surface area contributed by atoms with Crippen molar-refractivity contribution in [3.8, 4) is 0 Å². The predicted molar refractivity (Wildman–Crippen MR) is 145 cm³/mol. The second-order valence-corrected chi connectivity index (χ2v) is 8.89. The third-order valence-electron chi connectivity index (χ3n) is 5.42. The SMILES string of the molecule is NC(N)=NCCCC(NC(=O)C(N)CCC(=O)O)C(=O)NC(CCCN=C(N)N)C(=O)NC(CCC(=O)O)C(=O)O. The van der Waals surface area contributed by atoms with E-state index in [1.165, 1.54) is 0 Å². The molecule has 0 aromatic carbocycles. The van der Waals surface area contributed by atoms with E-state index >= 15 is 0 Å². The first-order valence-electron chi connectivity index (χ1n) is 12.6. The predicted octanol–water partition coefficient (Wildman–Crippen LogP) is -4.31. The molecule has 16 N–H and O–H groups in total. The van der Waals surface area contributed by atoms with Gasteiger partial charge >= 0.3 is 17.9 Å². The molecule has 232 valence electrons. The topological polar surface area (TPSA) is 354 Å². The van der Waals surface area contributed by atoms with Crippen LogP contribution in [0.5, 0.6) is 0 Å². The number of nitrogens with two attached hydrogens (primary N) is 5. The first-order chi connectivity index (χ1) is 19.1. The minimum Gasteiger partial charge on any atom is -0.481 e. The van der Waals surface area contributed by atoms with Gasteiger partial charge in [-0.1, -0.05) is 0 Å². The molecule has 41 heavy (non-hydrogen) atoms. The van der Waals surface area contributed by atoms with Gasteiger partial charge in [0, 0.05) is 25.9 Å². The van der Waals surface area contributed by atoms with Gasteiger partial charge in [-0.05, 0) is 38.5 Å². The maximum absolute atomic E-state index is 13.2. The van der Waals surface area contributed by atoms with Gasteiger partial charge in [0.1, 0.15) is 18.1 Å². The normalized spacial score (nSPS) is 13.4. The second kappa shape index (κ2) is 19.4. The van der Waals surface area contributed by atoms with Crippen LogP contribution in [0.2, 0.25) is 0 Å². The minimum atomic E-state index is -1.56. The molecule has 0 saturated heterocycles. The standard InChI is InChI=1S/C22H40N10O9/c23-11(5-7-15(33)34)17(37)30-12(3-1-9-28-21(24)25)18(38)31-13(4-2-10-29-22(26)27)19(39)32-14(20(40)41)6-8-16(35)36/h11-14H,1-10,23H2,(H,30,37)(H,31,38)(H,32,39)(H,33,34)(H,35,36)(H,40,41)(H4,24,25,28)(H4,26,27,29). The first-order valence-corrected chi connectivity index (χ1v) is 12.6. The van der Waals surface area contributed by atoms with E-state index in [2.05, 4.69) is 25.9 Å². The molecule has 0 rings (SSSR count). The van der Waals surface area contributed by atoms with Crippen LogP contribution in [0.25, 0.3) is 0 Å². The van der Waals surface area contributed by atoms with Crippen molar-refractivity contribution in [2.45, 2.75) is 75.5 Å². The van der Waals surface area contributed by atoms with Gasteiger partial charge in [0.05, 0.1) is 6.04 Å². The van der Waals surface area contributed by atoms with Crippen LogP contribution < -0.4 is 44.6 Å². The Morgan fingerprint density at radius 2 is 0.976 bits per heavy atom. The number of carbonyl (C=O) groups is 6. The largest absolute Gasteiger partial charge is 0.481 e. The highest BCUT2D eigenvalue weighted by molar-refractivity contribution is 5.94. The summed E-state index contributed by atoms with van der Waals surface area (Å²) in [5.74, 6) is -6.91. The van der Waals surface area contributed by atoms with E-state index in [1.807, 2.05) is 0 Å². The van der Waals surface area contributed by atoms with Crippen LogP contribution in [-0.4, -0.2) is 100 Å². The first kappa shape index (κ1) is 36.3. The third-order valence-corrected chi connectivity index (χ3v) is 5.42. The Kier molecular flexibility index (Phi) is 17.2. The summed E-state index contributed by atoms with van der Waals surface area (Å²) < 4.78 is 0. The van der Waals surface area contributed by atoms with E-state index in [-0.39, 0.29) is 63.5 Å². The molecular formula is C22H40N10O9. The van der Waals surface area contributed by atoms with Gasteiger partial charge in [-0.25, -0.2) is 4.79 Å². The number of carbonyl (C=O) groups excluding carboxylic acids is 3. The monoisotopic (exact) mass is 588 g/mol. The molecule has 0 aliphatic heterocycles. The maximum Gasteiger partial charge on any atom is 0.326 e. The second-order valence-electron chi connectivity index (χ2n) is 8.89. The Bertz CT molecular complexity index is 981. The van der Waals surface area contributed by atoms with Crippen LogP contribution in [-0.2, 0) is 28.8 Å².